The van der Waals surface area contributed by atoms with E-state index in [4.69, 9.17) is 9.47 Å². The zero-order valence-corrected chi connectivity index (χ0v) is 16.1. The fourth-order valence-corrected chi connectivity index (χ4v) is 3.62. The van der Waals surface area contributed by atoms with Gasteiger partial charge in [-0.1, -0.05) is 53.8 Å². The molecule has 0 atom stereocenters. The Morgan fingerprint density at radius 2 is 1.82 bits per heavy atom. The van der Waals surface area contributed by atoms with E-state index in [2.05, 4.69) is 10.1 Å². The molecule has 7 heteroatoms. The van der Waals surface area contributed by atoms with E-state index < -0.39 is 0 Å². The molecule has 0 radical (unpaired) electrons. The number of hydrogen-bond donors (Lipinski definition) is 0. The van der Waals surface area contributed by atoms with Gasteiger partial charge in [-0.05, 0) is 29.8 Å². The minimum atomic E-state index is -0.183. The smallest absolute Gasteiger partial charge is 0.291 e. The number of hydrogen-bond acceptors (Lipinski definition) is 6. The summed E-state index contributed by atoms with van der Waals surface area (Å²) in [5, 5.41) is 4.36. The predicted molar refractivity (Wildman–Crippen MR) is 111 cm³/mol. The van der Waals surface area contributed by atoms with Gasteiger partial charge in [0.1, 0.15) is 0 Å². The molecule has 0 aliphatic heterocycles. The number of rotatable bonds is 5. The van der Waals surface area contributed by atoms with Crippen LogP contribution in [0, 0.1) is 0 Å². The molecule has 4 aromatic rings. The van der Waals surface area contributed by atoms with Crippen molar-refractivity contribution < 1.29 is 9.47 Å². The van der Waals surface area contributed by atoms with E-state index in [0.717, 1.165) is 11.1 Å². The maximum absolute atomic E-state index is 12.6. The Balaban J connectivity index is 1.68. The number of allylic oxidation sites excluding steroid dienone is 1. The van der Waals surface area contributed by atoms with Crippen LogP contribution >= 0.6 is 11.3 Å². The SMILES string of the molecule is COc1ccc(-c2nc3sc(=CC=Cc4ccccc4)c(=O)n3n2)cc1OC. The van der Waals surface area contributed by atoms with Gasteiger partial charge in [0, 0.05) is 5.56 Å². The fourth-order valence-electron chi connectivity index (χ4n) is 2.76. The molecule has 0 saturated carbocycles. The molecular weight excluding hydrogens is 374 g/mol. The van der Waals surface area contributed by atoms with Crippen molar-refractivity contribution in [1.82, 2.24) is 14.6 Å². The normalized spacial score (nSPS) is 12.1. The number of fused-ring (bicyclic) bond motifs is 1. The van der Waals surface area contributed by atoms with Crippen LogP contribution in [0.2, 0.25) is 0 Å². The summed E-state index contributed by atoms with van der Waals surface area (Å²) in [7, 11) is 3.15. The maximum atomic E-state index is 12.6. The van der Waals surface area contributed by atoms with Crippen LogP contribution in [-0.4, -0.2) is 28.8 Å². The van der Waals surface area contributed by atoms with E-state index in [1.54, 1.807) is 32.4 Å². The number of methoxy groups -OCH3 is 2. The molecule has 0 saturated heterocycles. The summed E-state index contributed by atoms with van der Waals surface area (Å²) >= 11 is 1.31. The van der Waals surface area contributed by atoms with Gasteiger partial charge >= 0.3 is 0 Å². The molecule has 4 rings (SSSR count). The Kier molecular flexibility index (Phi) is 4.90. The standard InChI is InChI=1S/C21H17N3O3S/c1-26-16-12-11-15(13-17(16)27-2)19-22-21-24(23-19)20(25)18(28-21)10-6-9-14-7-4-3-5-8-14/h3-13H,1-2H3. The molecule has 0 fully saturated rings. The topological polar surface area (TPSA) is 65.7 Å². The first-order valence-electron chi connectivity index (χ1n) is 8.55. The summed E-state index contributed by atoms with van der Waals surface area (Å²) in [5.41, 5.74) is 1.64. The van der Waals surface area contributed by atoms with E-state index in [1.807, 2.05) is 48.6 Å². The van der Waals surface area contributed by atoms with Crippen LogP contribution in [0.4, 0.5) is 0 Å². The molecular formula is C21H17N3O3S. The van der Waals surface area contributed by atoms with Gasteiger partial charge in [-0.3, -0.25) is 4.79 Å². The van der Waals surface area contributed by atoms with Crippen molar-refractivity contribution in [2.75, 3.05) is 14.2 Å². The largest absolute Gasteiger partial charge is 0.493 e. The van der Waals surface area contributed by atoms with Gasteiger partial charge in [0.25, 0.3) is 5.56 Å². The van der Waals surface area contributed by atoms with E-state index >= 15 is 0 Å². The lowest BCUT2D eigenvalue weighted by Gasteiger charge is -2.07. The van der Waals surface area contributed by atoms with Crippen LogP contribution in [0.15, 0.2) is 59.4 Å². The molecule has 0 aliphatic rings. The number of benzene rings is 2. The first-order valence-corrected chi connectivity index (χ1v) is 9.36. The highest BCUT2D eigenvalue weighted by Gasteiger charge is 2.13. The zero-order chi connectivity index (χ0) is 19.5. The van der Waals surface area contributed by atoms with Crippen LogP contribution in [0.1, 0.15) is 5.56 Å². The molecule has 2 aromatic heterocycles. The molecule has 2 heterocycles. The first kappa shape index (κ1) is 17.9. The minimum absolute atomic E-state index is 0.183. The summed E-state index contributed by atoms with van der Waals surface area (Å²) in [5.74, 6) is 1.68. The second-order valence-corrected chi connectivity index (χ2v) is 6.92. The molecule has 0 spiro atoms. The van der Waals surface area contributed by atoms with Crippen molar-refractivity contribution in [3.63, 3.8) is 0 Å². The molecule has 0 amide bonds. The second-order valence-electron chi connectivity index (χ2n) is 5.91. The lowest BCUT2D eigenvalue weighted by atomic mass is 10.2. The van der Waals surface area contributed by atoms with Crippen molar-refractivity contribution in [1.29, 1.82) is 0 Å². The van der Waals surface area contributed by atoms with Crippen LogP contribution in [0.5, 0.6) is 11.5 Å². The summed E-state index contributed by atoms with van der Waals surface area (Å²) < 4.78 is 12.5. The molecule has 0 unspecified atom stereocenters. The van der Waals surface area contributed by atoms with Crippen molar-refractivity contribution in [3.05, 3.63) is 75.1 Å². The number of aromatic nitrogens is 3. The van der Waals surface area contributed by atoms with E-state index in [1.165, 1.54) is 15.9 Å². The summed E-state index contributed by atoms with van der Waals surface area (Å²) in [6.07, 6.45) is 5.59. The number of nitrogens with zero attached hydrogens (tertiary/aromatic N) is 3. The Morgan fingerprint density at radius 1 is 1.04 bits per heavy atom. The lowest BCUT2D eigenvalue weighted by molar-refractivity contribution is 0.355. The minimum Gasteiger partial charge on any atom is -0.493 e. The third-order valence-electron chi connectivity index (χ3n) is 4.16. The average molecular weight is 391 g/mol. The van der Waals surface area contributed by atoms with Crippen LogP contribution in [0.25, 0.3) is 28.5 Å². The number of thiazole rings is 1. The lowest BCUT2D eigenvalue weighted by Crippen LogP contribution is -2.23. The molecule has 0 bridgehead atoms. The van der Waals surface area contributed by atoms with Crippen molar-refractivity contribution in [2.45, 2.75) is 0 Å². The van der Waals surface area contributed by atoms with Gasteiger partial charge in [0.15, 0.2) is 17.3 Å². The van der Waals surface area contributed by atoms with Gasteiger partial charge in [0.2, 0.25) is 4.96 Å². The third kappa shape index (κ3) is 3.39. The van der Waals surface area contributed by atoms with Crippen molar-refractivity contribution >= 4 is 28.4 Å². The van der Waals surface area contributed by atoms with Crippen LogP contribution in [-0.2, 0) is 0 Å². The van der Waals surface area contributed by atoms with E-state index in [9.17, 15) is 4.79 Å². The first-order chi connectivity index (χ1) is 13.7. The van der Waals surface area contributed by atoms with Gasteiger partial charge in [0.05, 0.1) is 18.8 Å². The highest BCUT2D eigenvalue weighted by molar-refractivity contribution is 7.15. The van der Waals surface area contributed by atoms with Gasteiger partial charge < -0.3 is 9.47 Å². The fraction of sp³-hybridized carbons (Fsp3) is 0.0952. The van der Waals surface area contributed by atoms with Crippen LogP contribution in [0.3, 0.4) is 0 Å². The Morgan fingerprint density at radius 3 is 2.54 bits per heavy atom. The zero-order valence-electron chi connectivity index (χ0n) is 15.3. The summed E-state index contributed by atoms with van der Waals surface area (Å²) in [4.78, 5) is 17.6. The molecule has 140 valence electrons. The van der Waals surface area contributed by atoms with Crippen LogP contribution < -0.4 is 19.6 Å². The molecule has 2 aromatic carbocycles. The van der Waals surface area contributed by atoms with Crippen molar-refractivity contribution in [2.24, 2.45) is 0 Å². The van der Waals surface area contributed by atoms with E-state index in [0.29, 0.717) is 26.8 Å². The monoisotopic (exact) mass is 391 g/mol. The molecule has 0 N–H and O–H groups in total. The quantitative estimate of drug-likeness (QED) is 0.523. The highest BCUT2D eigenvalue weighted by atomic mass is 32.1. The molecule has 28 heavy (non-hydrogen) atoms. The number of ether oxygens (including phenoxy) is 2. The average Bonchev–Trinajstić information content (AvgIpc) is 3.28. The van der Waals surface area contributed by atoms with Gasteiger partial charge in [-0.2, -0.15) is 9.50 Å². The van der Waals surface area contributed by atoms with E-state index in [-0.39, 0.29) is 5.56 Å². The highest BCUT2D eigenvalue weighted by Crippen LogP contribution is 2.31. The Hall–Kier alpha value is -3.45. The maximum Gasteiger partial charge on any atom is 0.291 e. The predicted octanol–water partition coefficient (Wildman–Crippen LogP) is 3.05. The molecule has 0 aliphatic carbocycles. The summed E-state index contributed by atoms with van der Waals surface area (Å²) in [6.45, 7) is 0. The van der Waals surface area contributed by atoms with Gasteiger partial charge in [-0.25, -0.2) is 0 Å². The van der Waals surface area contributed by atoms with Gasteiger partial charge in [-0.15, -0.1) is 5.10 Å². The Labute approximate surface area is 165 Å². The Bertz CT molecular complexity index is 1260. The third-order valence-corrected chi connectivity index (χ3v) is 5.14. The second kappa shape index (κ2) is 7.66. The molecule has 6 nitrogen and oxygen atoms in total. The summed E-state index contributed by atoms with van der Waals surface area (Å²) in [6, 6.07) is 15.3. The van der Waals surface area contributed by atoms with Crippen molar-refractivity contribution in [3.8, 4) is 22.9 Å².